The molecular weight excluding hydrogens is 853 g/mol. The van der Waals surface area contributed by atoms with Crippen LogP contribution in [0.4, 0.5) is 11.4 Å². The minimum absolute atomic E-state index is 0.0767. The average Bonchev–Trinajstić information content (AvgIpc) is 4.02. The largest absolute Gasteiger partial charge is 0.381 e. The summed E-state index contributed by atoms with van der Waals surface area (Å²) in [7, 11) is 0. The summed E-state index contributed by atoms with van der Waals surface area (Å²) in [5, 5.41) is 23.0. The average molecular weight is 911 g/mol. The molecule has 0 saturated carbocycles. The van der Waals surface area contributed by atoms with E-state index >= 15 is 0 Å². The van der Waals surface area contributed by atoms with Crippen LogP contribution in [0.5, 0.6) is 0 Å². The van der Waals surface area contributed by atoms with Gasteiger partial charge >= 0.3 is 0 Å². The van der Waals surface area contributed by atoms with Gasteiger partial charge in [0.15, 0.2) is 11.6 Å². The normalized spacial score (nSPS) is 18.1. The van der Waals surface area contributed by atoms with E-state index < -0.39 is 11.2 Å². The van der Waals surface area contributed by atoms with Crippen molar-refractivity contribution in [3.63, 3.8) is 0 Å². The number of carbonyl (C=O) groups is 2. The molecule has 3 aliphatic rings. The van der Waals surface area contributed by atoms with Crippen molar-refractivity contribution in [3.05, 3.63) is 166 Å². The number of fused-ring (bicyclic) bond motifs is 8. The van der Waals surface area contributed by atoms with Crippen molar-refractivity contribution in [1.82, 2.24) is 19.9 Å². The molecule has 12 heteroatoms. The van der Waals surface area contributed by atoms with E-state index in [9.17, 15) is 19.8 Å². The number of hydrogen-bond donors (Lipinski definition) is 4. The summed E-state index contributed by atoms with van der Waals surface area (Å²) in [6.07, 6.45) is 0. The third kappa shape index (κ3) is 8.27. The molecule has 2 aliphatic carbocycles. The zero-order valence-electron chi connectivity index (χ0n) is 39.5. The van der Waals surface area contributed by atoms with Crippen LogP contribution in [0.25, 0.3) is 44.8 Å². The number of ketones is 2. The molecule has 0 bridgehead atoms. The van der Waals surface area contributed by atoms with Gasteiger partial charge in [0.25, 0.3) is 0 Å². The van der Waals surface area contributed by atoms with Crippen molar-refractivity contribution in [1.29, 1.82) is 0 Å². The van der Waals surface area contributed by atoms with Gasteiger partial charge in [-0.1, -0.05) is 48.5 Å². The van der Waals surface area contributed by atoms with Gasteiger partial charge in [0.1, 0.15) is 22.9 Å². The van der Waals surface area contributed by atoms with Crippen molar-refractivity contribution >= 4 is 45.0 Å². The van der Waals surface area contributed by atoms with Crippen molar-refractivity contribution < 1.29 is 29.3 Å². The fraction of sp³-hybridized carbons (Fsp3) is 0.286. The number of aromatic nitrogens is 4. The second-order valence-corrected chi connectivity index (χ2v) is 17.5. The van der Waals surface area contributed by atoms with Crippen LogP contribution in [0.2, 0.25) is 0 Å². The first-order valence-electron chi connectivity index (χ1n) is 23.6. The Kier molecular flexibility index (Phi) is 12.9. The molecule has 2 atom stereocenters. The van der Waals surface area contributed by atoms with Crippen LogP contribution >= 0.6 is 0 Å². The summed E-state index contributed by atoms with van der Waals surface area (Å²) >= 11 is 0. The molecule has 0 spiro atoms. The van der Waals surface area contributed by atoms with Crippen molar-refractivity contribution in [3.8, 4) is 22.8 Å². The van der Waals surface area contributed by atoms with Gasteiger partial charge in [-0.3, -0.25) is 9.59 Å². The number of ether oxygens (including phenoxy) is 2. The van der Waals surface area contributed by atoms with E-state index in [4.69, 9.17) is 19.4 Å². The molecule has 0 amide bonds. The van der Waals surface area contributed by atoms with Gasteiger partial charge in [0.05, 0.1) is 48.5 Å². The quantitative estimate of drug-likeness (QED) is 0.116. The zero-order valence-corrected chi connectivity index (χ0v) is 39.5. The van der Waals surface area contributed by atoms with Crippen LogP contribution in [0.3, 0.4) is 0 Å². The smallest absolute Gasteiger partial charge is 0.193 e. The molecule has 1 saturated heterocycles. The van der Waals surface area contributed by atoms with Gasteiger partial charge in [-0.25, -0.2) is 9.97 Å². The Morgan fingerprint density at radius 1 is 0.500 bits per heavy atom. The molecule has 0 radical (unpaired) electrons. The van der Waals surface area contributed by atoms with Crippen LogP contribution in [0.1, 0.15) is 95.6 Å². The highest BCUT2D eigenvalue weighted by atomic mass is 16.6. The highest BCUT2D eigenvalue weighted by Gasteiger charge is 2.42. The van der Waals surface area contributed by atoms with Gasteiger partial charge in [0, 0.05) is 82.1 Å². The number of anilines is 2. The van der Waals surface area contributed by atoms with Crippen LogP contribution in [0.15, 0.2) is 121 Å². The standard InChI is InChI=1S/2C26H25N3O2.C4H8O2/c2*1-4-29(5-2)17-12-10-16(11-13-17)25-27-21-15-14-19-22(23(21)28-25)26(3,31)20-9-7-6-8-18(20)24(19)30;1-2-6-4-3-5-1/h2*6-15,31H,4-5H2,1-3H3,(H,27,28);1-4H2/t2*26-;/m10./s1. The van der Waals surface area contributed by atoms with E-state index in [2.05, 4.69) is 96.0 Å². The molecule has 2 aromatic heterocycles. The number of nitrogens with zero attached hydrogens (tertiary/aromatic N) is 4. The van der Waals surface area contributed by atoms with Gasteiger partial charge in [-0.15, -0.1) is 0 Å². The van der Waals surface area contributed by atoms with Crippen LogP contribution < -0.4 is 9.80 Å². The number of carbonyl (C=O) groups excluding carboxylic acids is 2. The van der Waals surface area contributed by atoms with Crippen LogP contribution in [0, 0.1) is 0 Å². The molecular formula is C56H58N6O6. The minimum atomic E-state index is -1.31. The maximum absolute atomic E-state index is 13.1. The second kappa shape index (κ2) is 19.0. The Bertz CT molecular complexity index is 2900. The van der Waals surface area contributed by atoms with E-state index in [0.717, 1.165) is 86.4 Å². The Balaban J connectivity index is 0.000000151. The monoisotopic (exact) mass is 910 g/mol. The van der Waals surface area contributed by atoms with E-state index in [-0.39, 0.29) is 11.6 Å². The first-order chi connectivity index (χ1) is 32.9. The summed E-state index contributed by atoms with van der Waals surface area (Å²) < 4.78 is 9.89. The molecule has 1 fully saturated rings. The van der Waals surface area contributed by atoms with E-state index in [1.54, 1.807) is 38.1 Å². The third-order valence-corrected chi connectivity index (χ3v) is 13.4. The molecule has 68 heavy (non-hydrogen) atoms. The van der Waals surface area contributed by atoms with E-state index in [1.165, 1.54) is 11.4 Å². The maximum Gasteiger partial charge on any atom is 0.193 e. The summed E-state index contributed by atoms with van der Waals surface area (Å²) in [6.45, 7) is 19.0. The second-order valence-electron chi connectivity index (χ2n) is 17.5. The van der Waals surface area contributed by atoms with Gasteiger partial charge < -0.3 is 39.5 Å². The molecule has 348 valence electrons. The zero-order chi connectivity index (χ0) is 47.7. The fourth-order valence-electron chi connectivity index (χ4n) is 9.84. The van der Waals surface area contributed by atoms with Gasteiger partial charge in [-0.2, -0.15) is 0 Å². The summed E-state index contributed by atoms with van der Waals surface area (Å²) in [5.41, 5.74) is 8.99. The third-order valence-electron chi connectivity index (χ3n) is 13.4. The predicted octanol–water partition coefficient (Wildman–Crippen LogP) is 9.79. The lowest BCUT2D eigenvalue weighted by molar-refractivity contribution is -0.0334. The highest BCUT2D eigenvalue weighted by Crippen LogP contribution is 2.44. The number of benzene rings is 6. The number of H-pyrrole nitrogens is 2. The number of rotatable bonds is 8. The SMILES string of the molecule is C1COCCO1.CCN(CC)c1ccc(-c2nc3c4c(ccc3[nH]2)C(=O)c2ccccc2[C@@]4(C)O)cc1.CCN(CC)c1ccc(-c2nc3c4c(ccc3[nH]2)C(=O)c2ccccc2[C@]4(C)O)cc1. The Morgan fingerprint density at radius 2 is 0.853 bits per heavy atom. The molecule has 11 rings (SSSR count). The molecule has 3 heterocycles. The Labute approximate surface area is 396 Å². The summed E-state index contributed by atoms with van der Waals surface area (Å²) in [6, 6.07) is 38.4. The van der Waals surface area contributed by atoms with Crippen molar-refractivity contribution in [2.45, 2.75) is 52.7 Å². The molecule has 6 aromatic carbocycles. The Hall–Kier alpha value is -6.96. The molecule has 0 unspecified atom stereocenters. The lowest BCUT2D eigenvalue weighted by Gasteiger charge is -2.32. The minimum Gasteiger partial charge on any atom is -0.381 e. The topological polar surface area (TPSA) is 157 Å². The van der Waals surface area contributed by atoms with Crippen molar-refractivity contribution in [2.75, 3.05) is 62.4 Å². The van der Waals surface area contributed by atoms with Crippen LogP contribution in [-0.4, -0.2) is 94.3 Å². The highest BCUT2D eigenvalue weighted by molar-refractivity contribution is 6.16. The lowest BCUT2D eigenvalue weighted by Crippen LogP contribution is -2.33. The lowest BCUT2D eigenvalue weighted by atomic mass is 9.74. The van der Waals surface area contributed by atoms with Gasteiger partial charge in [-0.05, 0) is 125 Å². The molecule has 12 nitrogen and oxygen atoms in total. The number of aromatic amines is 2. The number of aliphatic hydroxyl groups is 2. The molecule has 1 aliphatic heterocycles. The number of nitrogens with one attached hydrogen (secondary N) is 2. The van der Waals surface area contributed by atoms with E-state index in [0.29, 0.717) is 55.5 Å². The predicted molar refractivity (Wildman–Crippen MR) is 269 cm³/mol. The summed E-state index contributed by atoms with van der Waals surface area (Å²) in [5.74, 6) is 1.28. The Morgan fingerprint density at radius 3 is 1.19 bits per heavy atom. The van der Waals surface area contributed by atoms with Crippen LogP contribution in [-0.2, 0) is 20.7 Å². The number of imidazole rings is 2. The molecule has 8 aromatic rings. The number of hydrogen-bond acceptors (Lipinski definition) is 10. The first kappa shape index (κ1) is 46.2. The van der Waals surface area contributed by atoms with E-state index in [1.807, 2.05) is 48.5 Å². The first-order valence-corrected chi connectivity index (χ1v) is 23.6. The van der Waals surface area contributed by atoms with Crippen molar-refractivity contribution in [2.24, 2.45) is 0 Å². The summed E-state index contributed by atoms with van der Waals surface area (Å²) in [4.78, 5) is 47.2. The maximum atomic E-state index is 13.1. The molecule has 4 N–H and O–H groups in total. The van der Waals surface area contributed by atoms with Gasteiger partial charge in [0.2, 0.25) is 0 Å². The fourth-order valence-corrected chi connectivity index (χ4v) is 9.84.